The SMILES string of the molecule is CC(c1ccccc1)c1ccc2oc3c[c-]c(-c4cc5c(cn4)oc4ccccc45)cc3c2n1.Cc1cc[c-]c(-c2cc(CC(C)(C)C)c([Si](C)(C)C)cn2)c1F.[Ir]. The second-order valence-electron chi connectivity index (χ2n) is 17.2. The van der Waals surface area contributed by atoms with E-state index in [0.717, 1.165) is 67.4 Å². The third kappa shape index (κ3) is 8.33. The molecule has 0 saturated heterocycles. The number of rotatable bonds is 6. The Bertz CT molecular complexity index is 2910. The Labute approximate surface area is 354 Å². The number of aromatic nitrogens is 3. The van der Waals surface area contributed by atoms with Crippen LogP contribution in [-0.2, 0) is 26.5 Å². The van der Waals surface area contributed by atoms with Crippen LogP contribution in [0.25, 0.3) is 66.5 Å². The van der Waals surface area contributed by atoms with Gasteiger partial charge in [-0.2, -0.15) is 0 Å². The monoisotopic (exact) mass is 960 g/mol. The maximum Gasteiger partial charge on any atom is 0.151 e. The molecule has 0 aliphatic heterocycles. The van der Waals surface area contributed by atoms with E-state index in [4.69, 9.17) is 13.8 Å². The van der Waals surface area contributed by atoms with Gasteiger partial charge < -0.3 is 18.8 Å². The summed E-state index contributed by atoms with van der Waals surface area (Å²) in [5.74, 6) is -0.0359. The standard InChI is InChI=1S/C30H19N2O2.C20H27FNSi.Ir/c1-18(19-7-3-2-4-8-19)24-12-14-28-30(32-24)23-15-20(11-13-27(23)33-28)25-16-22-21-9-5-6-10-26(21)34-29(22)17-31-25;1-14-9-8-10-16(19(14)21)17-11-15(12-20(2,3)4)18(13-22-17)23(5,6)7;/h2-10,12-18H,1H3;8-9,11,13H,12H2,1-7H3;/q2*-1;. The molecule has 1 radical (unpaired) electrons. The smallest absolute Gasteiger partial charge is 0.151 e. The van der Waals surface area contributed by atoms with E-state index in [1.165, 1.54) is 16.3 Å². The summed E-state index contributed by atoms with van der Waals surface area (Å²) in [6, 6.07) is 40.5. The molecular weight excluding hydrogens is 914 g/mol. The Morgan fingerprint density at radius 2 is 1.47 bits per heavy atom. The summed E-state index contributed by atoms with van der Waals surface area (Å²) in [5, 5.41) is 4.45. The van der Waals surface area contributed by atoms with Crippen molar-refractivity contribution in [3.05, 3.63) is 156 Å². The zero-order valence-electron chi connectivity index (χ0n) is 34.1. The molecule has 5 aromatic heterocycles. The second kappa shape index (κ2) is 16.2. The van der Waals surface area contributed by atoms with Crippen molar-refractivity contribution in [3.63, 3.8) is 0 Å². The molecule has 295 valence electrons. The summed E-state index contributed by atoms with van der Waals surface area (Å²) >= 11 is 0. The Hall–Kier alpha value is -5.27. The summed E-state index contributed by atoms with van der Waals surface area (Å²) in [6.45, 7) is 17.7. The number of hydrogen-bond acceptors (Lipinski definition) is 5. The number of furan rings is 2. The van der Waals surface area contributed by atoms with Gasteiger partial charge in [-0.1, -0.05) is 132 Å². The Morgan fingerprint density at radius 3 is 2.22 bits per heavy atom. The molecule has 0 aliphatic rings. The molecule has 0 bridgehead atoms. The minimum absolute atomic E-state index is 0. The number of aryl methyl sites for hydroxylation is 1. The summed E-state index contributed by atoms with van der Waals surface area (Å²) in [4.78, 5) is 14.2. The van der Waals surface area contributed by atoms with E-state index < -0.39 is 8.07 Å². The summed E-state index contributed by atoms with van der Waals surface area (Å²) in [6.07, 6.45) is 4.72. The third-order valence-electron chi connectivity index (χ3n) is 10.5. The first-order chi connectivity index (χ1) is 27.2. The zero-order chi connectivity index (χ0) is 40.1. The average molecular weight is 960 g/mol. The molecule has 5 nitrogen and oxygen atoms in total. The maximum atomic E-state index is 14.4. The van der Waals surface area contributed by atoms with Gasteiger partial charge in [0.05, 0.1) is 25.4 Å². The molecule has 5 heterocycles. The molecule has 8 heteroatoms. The molecule has 0 amide bonds. The quantitative estimate of drug-likeness (QED) is 0.123. The molecule has 0 fully saturated rings. The van der Waals surface area contributed by atoms with Crippen molar-refractivity contribution in [2.45, 2.75) is 66.6 Å². The second-order valence-corrected chi connectivity index (χ2v) is 22.2. The fourth-order valence-corrected chi connectivity index (χ4v) is 9.06. The molecule has 9 aromatic rings. The first-order valence-corrected chi connectivity index (χ1v) is 23.0. The van der Waals surface area contributed by atoms with Crippen LogP contribution in [0.5, 0.6) is 0 Å². The minimum Gasteiger partial charge on any atom is -0.499 e. The van der Waals surface area contributed by atoms with Crippen LogP contribution in [0.2, 0.25) is 19.6 Å². The summed E-state index contributed by atoms with van der Waals surface area (Å²) in [7, 11) is -1.49. The van der Waals surface area contributed by atoms with Gasteiger partial charge in [0, 0.05) is 54.5 Å². The van der Waals surface area contributed by atoms with Gasteiger partial charge >= 0.3 is 0 Å². The van der Waals surface area contributed by atoms with Gasteiger partial charge in [-0.25, -0.2) is 4.98 Å². The van der Waals surface area contributed by atoms with Gasteiger partial charge in [-0.3, -0.25) is 4.39 Å². The van der Waals surface area contributed by atoms with E-state index in [2.05, 4.69) is 118 Å². The van der Waals surface area contributed by atoms with E-state index >= 15 is 0 Å². The van der Waals surface area contributed by atoms with Gasteiger partial charge in [0.2, 0.25) is 0 Å². The topological polar surface area (TPSA) is 65.0 Å². The molecule has 0 N–H and O–H groups in total. The van der Waals surface area contributed by atoms with E-state index in [0.29, 0.717) is 16.8 Å². The van der Waals surface area contributed by atoms with E-state index in [1.54, 1.807) is 25.3 Å². The van der Waals surface area contributed by atoms with Crippen LogP contribution < -0.4 is 5.19 Å². The third-order valence-corrected chi connectivity index (χ3v) is 12.5. The molecule has 0 spiro atoms. The molecule has 1 unspecified atom stereocenters. The average Bonchev–Trinajstić information content (AvgIpc) is 3.75. The van der Waals surface area contributed by atoms with Crippen LogP contribution >= 0.6 is 0 Å². The first kappa shape index (κ1) is 40.9. The number of para-hydroxylation sites is 1. The minimum atomic E-state index is -1.49. The zero-order valence-corrected chi connectivity index (χ0v) is 37.5. The first-order valence-electron chi connectivity index (χ1n) is 19.5. The van der Waals surface area contributed by atoms with Crippen molar-refractivity contribution in [2.24, 2.45) is 5.41 Å². The molecule has 1 atom stereocenters. The van der Waals surface area contributed by atoms with Crippen molar-refractivity contribution < 1.29 is 33.3 Å². The molecule has 0 saturated carbocycles. The molecule has 0 aliphatic carbocycles. The van der Waals surface area contributed by atoms with E-state index in [1.807, 2.05) is 48.7 Å². The van der Waals surface area contributed by atoms with Crippen LogP contribution in [-0.4, -0.2) is 23.0 Å². The predicted octanol–water partition coefficient (Wildman–Crippen LogP) is 13.0. The number of halogens is 1. The Balaban J connectivity index is 0.000000188. The number of nitrogens with zero attached hydrogens (tertiary/aromatic N) is 3. The molecule has 58 heavy (non-hydrogen) atoms. The summed E-state index contributed by atoms with van der Waals surface area (Å²) < 4.78 is 26.4. The van der Waals surface area contributed by atoms with Gasteiger partial charge in [-0.15, -0.1) is 42.0 Å². The number of fused-ring (bicyclic) bond motifs is 6. The predicted molar refractivity (Wildman–Crippen MR) is 234 cm³/mol. The van der Waals surface area contributed by atoms with Gasteiger partial charge in [0.1, 0.15) is 11.2 Å². The van der Waals surface area contributed by atoms with Gasteiger partial charge in [-0.05, 0) is 57.6 Å². The number of hydrogen-bond donors (Lipinski definition) is 0. The maximum absolute atomic E-state index is 14.4. The van der Waals surface area contributed by atoms with E-state index in [9.17, 15) is 4.39 Å². The Kier molecular flexibility index (Phi) is 11.4. The van der Waals surface area contributed by atoms with Crippen LogP contribution in [0.3, 0.4) is 0 Å². The van der Waals surface area contributed by atoms with Crippen LogP contribution in [0.1, 0.15) is 56.0 Å². The Morgan fingerprint density at radius 1 is 0.741 bits per heavy atom. The van der Waals surface area contributed by atoms with E-state index in [-0.39, 0.29) is 37.3 Å². The van der Waals surface area contributed by atoms with Crippen molar-refractivity contribution in [3.8, 4) is 22.5 Å². The van der Waals surface area contributed by atoms with Crippen LogP contribution in [0, 0.1) is 30.3 Å². The van der Waals surface area contributed by atoms with Crippen molar-refractivity contribution in [1.82, 2.24) is 15.0 Å². The number of pyridine rings is 3. The van der Waals surface area contributed by atoms with Crippen molar-refractivity contribution >= 4 is 57.3 Å². The van der Waals surface area contributed by atoms with Gasteiger partial charge in [0.25, 0.3) is 0 Å². The molecule has 4 aromatic carbocycles. The normalized spacial score (nSPS) is 12.4. The van der Waals surface area contributed by atoms with Crippen LogP contribution in [0.15, 0.2) is 124 Å². The van der Waals surface area contributed by atoms with Crippen molar-refractivity contribution in [2.75, 3.05) is 0 Å². The largest absolute Gasteiger partial charge is 0.499 e. The molecular formula is C50H46FIrN3O2Si-2. The van der Waals surface area contributed by atoms with Crippen LogP contribution in [0.4, 0.5) is 4.39 Å². The fourth-order valence-electron chi connectivity index (χ4n) is 7.48. The summed E-state index contributed by atoms with van der Waals surface area (Å²) in [5.41, 5.74) is 11.3. The number of benzene rings is 4. The van der Waals surface area contributed by atoms with Gasteiger partial charge in [0.15, 0.2) is 5.58 Å². The molecule has 9 rings (SSSR count). The van der Waals surface area contributed by atoms with Crippen molar-refractivity contribution in [1.29, 1.82) is 0 Å². The fraction of sp³-hybridized carbons (Fsp3) is 0.220.